The SMILES string of the molecule is CCCC(CCC)C(=O)Nc1ccn([C@@H]2S[C@H](CO[Si](C)(C)C(C)(C)C)[C@@H](O[Si](C)(C)C(C)(C)C)[C@@H]2O[Si](C)(C)C(C)(C)C)c(=O)n1. The van der Waals surface area contributed by atoms with Crippen LogP contribution in [0.2, 0.25) is 54.4 Å². The first kappa shape index (κ1) is 42.4. The van der Waals surface area contributed by atoms with Crippen molar-refractivity contribution in [1.29, 1.82) is 0 Å². The lowest BCUT2D eigenvalue weighted by atomic mass is 9.97. The number of amides is 1. The Balaban J connectivity index is 2.64. The summed E-state index contributed by atoms with van der Waals surface area (Å²) in [5.41, 5.74) is -0.399. The lowest BCUT2D eigenvalue weighted by Gasteiger charge is -2.45. The summed E-state index contributed by atoms with van der Waals surface area (Å²) in [6, 6.07) is 1.75. The molecule has 0 saturated carbocycles. The van der Waals surface area contributed by atoms with Crippen molar-refractivity contribution < 1.29 is 18.1 Å². The zero-order chi connectivity index (χ0) is 36.4. The molecule has 4 atom stereocenters. The highest BCUT2D eigenvalue weighted by molar-refractivity contribution is 8.00. The summed E-state index contributed by atoms with van der Waals surface area (Å²) in [6.45, 7) is 38.7. The van der Waals surface area contributed by atoms with Crippen LogP contribution in [-0.4, -0.2) is 64.5 Å². The molecule has 2 heterocycles. The molecule has 0 bridgehead atoms. The molecule has 8 nitrogen and oxygen atoms in total. The first-order chi connectivity index (χ1) is 21.2. The van der Waals surface area contributed by atoms with Gasteiger partial charge in [-0.15, -0.1) is 11.8 Å². The second kappa shape index (κ2) is 15.6. The molecule has 272 valence electrons. The molecule has 1 aliphatic heterocycles. The summed E-state index contributed by atoms with van der Waals surface area (Å²) in [5.74, 6) is 0.139. The number of anilines is 1. The average Bonchev–Trinajstić information content (AvgIpc) is 3.20. The summed E-state index contributed by atoms with van der Waals surface area (Å²) in [4.78, 5) is 31.3. The highest BCUT2D eigenvalue weighted by atomic mass is 32.2. The molecule has 0 spiro atoms. The molecule has 2 rings (SSSR count). The van der Waals surface area contributed by atoms with Gasteiger partial charge in [0.1, 0.15) is 17.3 Å². The number of aromatic nitrogens is 2. The predicted octanol–water partition coefficient (Wildman–Crippen LogP) is 9.81. The topological polar surface area (TPSA) is 91.7 Å². The molecule has 1 aromatic heterocycles. The van der Waals surface area contributed by atoms with Crippen LogP contribution >= 0.6 is 11.8 Å². The van der Waals surface area contributed by atoms with Gasteiger partial charge in [0, 0.05) is 18.7 Å². The maximum Gasteiger partial charge on any atom is 0.350 e. The van der Waals surface area contributed by atoms with Crippen LogP contribution in [0.5, 0.6) is 0 Å². The predicted molar refractivity (Wildman–Crippen MR) is 208 cm³/mol. The van der Waals surface area contributed by atoms with Crippen LogP contribution in [0.1, 0.15) is 107 Å². The van der Waals surface area contributed by atoms with Gasteiger partial charge >= 0.3 is 5.69 Å². The molecule has 1 aliphatic rings. The summed E-state index contributed by atoms with van der Waals surface area (Å²) in [5, 5.41) is 2.56. The van der Waals surface area contributed by atoms with E-state index in [1.165, 1.54) is 0 Å². The molecule has 0 radical (unpaired) electrons. The third-order valence-electron chi connectivity index (χ3n) is 11.2. The van der Waals surface area contributed by atoms with Crippen molar-refractivity contribution in [3.8, 4) is 0 Å². The number of hydrogen-bond donors (Lipinski definition) is 1. The lowest BCUT2D eigenvalue weighted by molar-refractivity contribution is -0.120. The number of nitrogens with zero attached hydrogens (tertiary/aromatic N) is 2. The van der Waals surface area contributed by atoms with Crippen LogP contribution in [0, 0.1) is 5.92 Å². The monoisotopic (exact) mass is 727 g/mol. The smallest absolute Gasteiger partial charge is 0.350 e. The quantitative estimate of drug-likeness (QED) is 0.191. The third-order valence-corrected chi connectivity index (χ3v) is 26.2. The first-order valence-electron chi connectivity index (χ1n) is 17.7. The largest absolute Gasteiger partial charge is 0.416 e. The van der Waals surface area contributed by atoms with Gasteiger partial charge in [-0.3, -0.25) is 9.36 Å². The second-order valence-electron chi connectivity index (χ2n) is 18.1. The van der Waals surface area contributed by atoms with Crippen LogP contribution < -0.4 is 11.0 Å². The Morgan fingerprint density at radius 3 is 1.74 bits per heavy atom. The van der Waals surface area contributed by atoms with Crippen molar-refractivity contribution in [2.75, 3.05) is 11.9 Å². The van der Waals surface area contributed by atoms with E-state index in [4.69, 9.17) is 13.3 Å². The molecule has 12 heteroatoms. The van der Waals surface area contributed by atoms with Crippen molar-refractivity contribution in [3.63, 3.8) is 0 Å². The number of carbonyl (C=O) groups excluding carboxylic acids is 1. The molecule has 0 unspecified atom stereocenters. The van der Waals surface area contributed by atoms with Gasteiger partial charge < -0.3 is 18.6 Å². The summed E-state index contributed by atoms with van der Waals surface area (Å²) < 4.78 is 23.1. The van der Waals surface area contributed by atoms with Crippen molar-refractivity contribution in [1.82, 2.24) is 9.55 Å². The van der Waals surface area contributed by atoms with Crippen molar-refractivity contribution in [2.45, 2.75) is 179 Å². The van der Waals surface area contributed by atoms with E-state index >= 15 is 0 Å². The molecule has 0 aromatic carbocycles. The number of thioether (sulfide) groups is 1. The number of hydrogen-bond acceptors (Lipinski definition) is 7. The lowest BCUT2D eigenvalue weighted by Crippen LogP contribution is -2.54. The van der Waals surface area contributed by atoms with Crippen LogP contribution in [0.25, 0.3) is 0 Å². The highest BCUT2D eigenvalue weighted by Crippen LogP contribution is 2.51. The maximum atomic E-state index is 13.8. The third kappa shape index (κ3) is 10.6. The van der Waals surface area contributed by atoms with Crippen LogP contribution in [0.4, 0.5) is 5.82 Å². The van der Waals surface area contributed by atoms with E-state index in [9.17, 15) is 9.59 Å². The standard InChI is InChI=1S/C35H69N3O5SSi3/c1-18-20-25(21-19-2)30(39)36-27-22-23-38(32(40)37-27)31-29(43-47(16,17)35(9,10)11)28(42-46(14,15)34(6,7)8)26(44-31)24-41-45(12,13)33(3,4)5/h22-23,25-26,28-29,31H,18-21,24H2,1-17H3,(H,36,37,39,40)/t26-,28-,29+,31-/m1/s1. The molecule has 1 saturated heterocycles. The van der Waals surface area contributed by atoms with E-state index in [0.29, 0.717) is 12.4 Å². The average molecular weight is 728 g/mol. The van der Waals surface area contributed by atoms with E-state index in [1.54, 1.807) is 28.6 Å². The van der Waals surface area contributed by atoms with E-state index in [-0.39, 0.29) is 49.8 Å². The Morgan fingerprint density at radius 2 is 1.32 bits per heavy atom. The molecule has 1 amide bonds. The Labute approximate surface area is 294 Å². The van der Waals surface area contributed by atoms with Gasteiger partial charge in [0.25, 0.3) is 0 Å². The summed E-state index contributed by atoms with van der Waals surface area (Å²) in [7, 11) is -6.63. The highest BCUT2D eigenvalue weighted by Gasteiger charge is 2.54. The second-order valence-corrected chi connectivity index (χ2v) is 33.8. The summed E-state index contributed by atoms with van der Waals surface area (Å²) in [6.07, 6.45) is 4.63. The van der Waals surface area contributed by atoms with E-state index in [1.807, 2.05) is 0 Å². The van der Waals surface area contributed by atoms with E-state index in [2.05, 4.69) is 126 Å². The maximum absolute atomic E-state index is 13.8. The van der Waals surface area contributed by atoms with Gasteiger partial charge in [0.05, 0.1) is 11.4 Å². The van der Waals surface area contributed by atoms with Crippen LogP contribution in [-0.2, 0) is 18.1 Å². The van der Waals surface area contributed by atoms with Gasteiger partial charge in [-0.1, -0.05) is 89.0 Å². The number of carbonyl (C=O) groups is 1. The molecular formula is C35H69N3O5SSi3. The molecule has 1 N–H and O–H groups in total. The fourth-order valence-corrected chi connectivity index (χ4v) is 10.4. The van der Waals surface area contributed by atoms with Gasteiger partial charge in [-0.05, 0) is 73.3 Å². The van der Waals surface area contributed by atoms with Gasteiger partial charge in [-0.25, -0.2) is 4.79 Å². The fraction of sp³-hybridized carbons (Fsp3) is 0.857. The zero-order valence-electron chi connectivity index (χ0n) is 32.9. The molecule has 1 aromatic rings. The molecule has 47 heavy (non-hydrogen) atoms. The normalized spacial score (nSPS) is 21.8. The minimum Gasteiger partial charge on any atom is -0.416 e. The Morgan fingerprint density at radius 1 is 0.851 bits per heavy atom. The minimum atomic E-state index is -2.31. The Bertz CT molecular complexity index is 1240. The molecule has 1 fully saturated rings. The molecule has 0 aliphatic carbocycles. The number of rotatable bonds is 14. The van der Waals surface area contributed by atoms with E-state index < -0.39 is 30.6 Å². The Hall–Kier alpha value is -0.769. The number of nitrogens with one attached hydrogen (secondary N) is 1. The zero-order valence-corrected chi connectivity index (χ0v) is 36.7. The molecular weight excluding hydrogens is 659 g/mol. The van der Waals surface area contributed by atoms with Gasteiger partial charge in [0.15, 0.2) is 25.0 Å². The van der Waals surface area contributed by atoms with Gasteiger partial charge in [-0.2, -0.15) is 4.98 Å². The van der Waals surface area contributed by atoms with E-state index in [0.717, 1.165) is 25.7 Å². The van der Waals surface area contributed by atoms with Crippen LogP contribution in [0.15, 0.2) is 17.1 Å². The van der Waals surface area contributed by atoms with Crippen molar-refractivity contribution in [2.24, 2.45) is 5.92 Å². The summed E-state index contributed by atoms with van der Waals surface area (Å²) >= 11 is 1.71. The van der Waals surface area contributed by atoms with Crippen molar-refractivity contribution in [3.05, 3.63) is 22.7 Å². The fourth-order valence-electron chi connectivity index (χ4n) is 4.88. The first-order valence-corrected chi connectivity index (χ1v) is 27.4. The Kier molecular flexibility index (Phi) is 14.1. The van der Waals surface area contributed by atoms with Gasteiger partial charge in [0.2, 0.25) is 5.91 Å². The van der Waals surface area contributed by atoms with Crippen molar-refractivity contribution >= 4 is 48.4 Å². The minimum absolute atomic E-state index is 0.00618. The van der Waals surface area contributed by atoms with Crippen LogP contribution in [0.3, 0.4) is 0 Å².